The topological polar surface area (TPSA) is 166 Å². The van der Waals surface area contributed by atoms with Crippen LogP contribution in [-0.2, 0) is 19.3 Å². The summed E-state index contributed by atoms with van der Waals surface area (Å²) in [5, 5.41) is 2.94. The average Bonchev–Trinajstić information content (AvgIpc) is 3.48. The molecule has 0 bridgehead atoms. The highest BCUT2D eigenvalue weighted by Gasteiger charge is 2.34. The third-order valence-corrected chi connectivity index (χ3v) is 10.9. The second kappa shape index (κ2) is 14.7. The van der Waals surface area contributed by atoms with E-state index in [-0.39, 0.29) is 65.2 Å². The number of benzene rings is 1. The normalized spacial score (nSPS) is 14.1. The first kappa shape index (κ1) is 40.5. The molecule has 1 N–H and O–H groups in total. The second-order valence-electron chi connectivity index (χ2n) is 16.0. The summed E-state index contributed by atoms with van der Waals surface area (Å²) in [6, 6.07) is 8.02. The number of fused-ring (bicyclic) bond motifs is 2. The van der Waals surface area contributed by atoms with Crippen molar-refractivity contribution < 1.29 is 31.9 Å². The molecule has 5 aromatic rings. The van der Waals surface area contributed by atoms with E-state index in [1.807, 2.05) is 13.8 Å². The fourth-order valence-electron chi connectivity index (χ4n) is 6.60. The van der Waals surface area contributed by atoms with E-state index in [0.717, 1.165) is 17.6 Å². The van der Waals surface area contributed by atoms with Gasteiger partial charge in [-0.3, -0.25) is 19.7 Å². The number of halogens is 1. The van der Waals surface area contributed by atoms with Gasteiger partial charge in [0.15, 0.2) is 25.5 Å². The molecule has 0 aliphatic carbocycles. The molecule has 0 radical (unpaired) electrons. The third kappa shape index (κ3) is 8.19. The standard InChI is InChI=1S/C39H46FN7O7S2/c1-21(2)27-30(22(3)14-15-41-27)47-33-24(31(32(34(47)48)56(10,51)52)45-16-18-46(19-17-45)37(50)54-39(7,8)9)20-25(40)28(42-33)23-12-11-13-26-29(23)43-35(55-26)44-36(49)53-38(4,5)6/h11-15,20-21H,16-19H2,1-10H3,(H,43,44,49). The summed E-state index contributed by atoms with van der Waals surface area (Å²) in [7, 11) is -4.26. The number of nitrogens with zero attached hydrogens (tertiary/aromatic N) is 6. The van der Waals surface area contributed by atoms with Gasteiger partial charge in [-0.1, -0.05) is 37.3 Å². The van der Waals surface area contributed by atoms with Crippen LogP contribution in [0.15, 0.2) is 46.2 Å². The molecule has 56 heavy (non-hydrogen) atoms. The smallest absolute Gasteiger partial charge is 0.413 e. The van der Waals surface area contributed by atoms with Gasteiger partial charge in [-0.25, -0.2) is 32.4 Å². The van der Waals surface area contributed by atoms with Crippen molar-refractivity contribution in [3.8, 4) is 16.9 Å². The lowest BCUT2D eigenvalue weighted by atomic mass is 10.0. The molecule has 0 unspecified atom stereocenters. The van der Waals surface area contributed by atoms with Crippen LogP contribution in [0.25, 0.3) is 38.2 Å². The summed E-state index contributed by atoms with van der Waals surface area (Å²) < 4.78 is 57.1. The molecule has 298 valence electrons. The van der Waals surface area contributed by atoms with Crippen molar-refractivity contribution in [2.24, 2.45) is 0 Å². The van der Waals surface area contributed by atoms with Crippen LogP contribution in [0.4, 0.5) is 24.8 Å². The number of hydrogen-bond acceptors (Lipinski definition) is 12. The highest BCUT2D eigenvalue weighted by molar-refractivity contribution is 7.90. The fraction of sp³-hybridized carbons (Fsp3) is 0.436. The van der Waals surface area contributed by atoms with Gasteiger partial charge < -0.3 is 19.3 Å². The van der Waals surface area contributed by atoms with Gasteiger partial charge in [-0.15, -0.1) is 0 Å². The molecule has 1 aliphatic heterocycles. The minimum absolute atomic E-state index is 0.000656. The second-order valence-corrected chi connectivity index (χ2v) is 19.0. The van der Waals surface area contributed by atoms with E-state index in [2.05, 4.69) is 15.3 Å². The number of nitrogens with one attached hydrogen (secondary N) is 1. The van der Waals surface area contributed by atoms with E-state index < -0.39 is 49.5 Å². The predicted molar refractivity (Wildman–Crippen MR) is 216 cm³/mol. The summed E-state index contributed by atoms with van der Waals surface area (Å²) in [4.78, 5) is 57.2. The summed E-state index contributed by atoms with van der Waals surface area (Å²) >= 11 is 1.16. The molecule has 17 heteroatoms. The van der Waals surface area contributed by atoms with Gasteiger partial charge in [0.2, 0.25) is 0 Å². The highest BCUT2D eigenvalue weighted by Crippen LogP contribution is 2.39. The Morgan fingerprint density at radius 2 is 1.62 bits per heavy atom. The molecule has 5 heterocycles. The Hall–Kier alpha value is -5.16. The van der Waals surface area contributed by atoms with E-state index in [1.165, 1.54) is 15.5 Å². The van der Waals surface area contributed by atoms with Crippen LogP contribution < -0.4 is 15.8 Å². The average molecular weight is 808 g/mol. The zero-order chi connectivity index (χ0) is 41.1. The molecule has 2 amide bonds. The Labute approximate surface area is 328 Å². The largest absolute Gasteiger partial charge is 0.444 e. The molecule has 14 nitrogen and oxygen atoms in total. The molecule has 6 rings (SSSR count). The number of sulfone groups is 1. The number of thiazole rings is 1. The molecule has 1 fully saturated rings. The lowest BCUT2D eigenvalue weighted by Gasteiger charge is -2.37. The van der Waals surface area contributed by atoms with Crippen molar-refractivity contribution in [1.82, 2.24) is 24.4 Å². The van der Waals surface area contributed by atoms with Gasteiger partial charge >= 0.3 is 12.2 Å². The number of piperazine rings is 1. The zero-order valence-corrected chi connectivity index (χ0v) is 34.7. The van der Waals surface area contributed by atoms with Crippen LogP contribution in [0.3, 0.4) is 0 Å². The van der Waals surface area contributed by atoms with E-state index in [9.17, 15) is 22.8 Å². The van der Waals surface area contributed by atoms with Crippen LogP contribution in [0.5, 0.6) is 0 Å². The molecule has 1 saturated heterocycles. The molecular formula is C39H46FN7O7S2. The van der Waals surface area contributed by atoms with Gasteiger partial charge in [0.25, 0.3) is 5.56 Å². The van der Waals surface area contributed by atoms with Crippen LogP contribution in [0.1, 0.15) is 72.6 Å². The lowest BCUT2D eigenvalue weighted by Crippen LogP contribution is -2.50. The quantitative estimate of drug-likeness (QED) is 0.181. The molecule has 1 aliphatic rings. The van der Waals surface area contributed by atoms with Crippen molar-refractivity contribution in [1.29, 1.82) is 0 Å². The Morgan fingerprint density at radius 3 is 2.23 bits per heavy atom. The Balaban J connectivity index is 1.61. The third-order valence-electron chi connectivity index (χ3n) is 8.86. The summed E-state index contributed by atoms with van der Waals surface area (Å²) in [6.45, 7) is 16.6. The lowest BCUT2D eigenvalue weighted by molar-refractivity contribution is 0.0240. The first-order valence-electron chi connectivity index (χ1n) is 18.1. The van der Waals surface area contributed by atoms with Crippen LogP contribution in [0, 0.1) is 12.7 Å². The maximum Gasteiger partial charge on any atom is 0.413 e. The number of carbonyl (C=O) groups is 2. The number of rotatable bonds is 6. The highest BCUT2D eigenvalue weighted by atomic mass is 32.2. The van der Waals surface area contributed by atoms with Crippen molar-refractivity contribution >= 4 is 65.4 Å². The maximum atomic E-state index is 16.8. The van der Waals surface area contributed by atoms with Gasteiger partial charge in [0, 0.05) is 49.6 Å². The number of para-hydroxylation sites is 1. The number of aromatic nitrogens is 4. The van der Waals surface area contributed by atoms with E-state index in [4.69, 9.17) is 14.5 Å². The molecule has 0 spiro atoms. The van der Waals surface area contributed by atoms with Gasteiger partial charge in [-0.05, 0) is 78.1 Å². The van der Waals surface area contributed by atoms with Gasteiger partial charge in [0.1, 0.15) is 22.7 Å². The first-order chi connectivity index (χ1) is 26.0. The summed E-state index contributed by atoms with van der Waals surface area (Å²) in [5.41, 5.74) is -0.401. The fourth-order valence-corrected chi connectivity index (χ4v) is 8.47. The van der Waals surface area contributed by atoms with E-state index >= 15 is 4.39 Å². The van der Waals surface area contributed by atoms with E-state index in [1.54, 1.807) is 83.8 Å². The van der Waals surface area contributed by atoms with Crippen molar-refractivity contribution in [3.63, 3.8) is 0 Å². The van der Waals surface area contributed by atoms with Crippen molar-refractivity contribution in [3.05, 3.63) is 64.0 Å². The molecule has 1 aromatic carbocycles. The number of amides is 2. The molecule has 0 atom stereocenters. The van der Waals surface area contributed by atoms with Crippen molar-refractivity contribution in [2.45, 2.75) is 84.3 Å². The Bertz CT molecular complexity index is 2550. The molecular weight excluding hydrogens is 762 g/mol. The first-order valence-corrected chi connectivity index (χ1v) is 20.8. The predicted octanol–water partition coefficient (Wildman–Crippen LogP) is 7.44. The zero-order valence-electron chi connectivity index (χ0n) is 33.1. The number of hydrogen-bond donors (Lipinski definition) is 1. The van der Waals surface area contributed by atoms with Crippen molar-refractivity contribution in [2.75, 3.05) is 42.7 Å². The molecule has 0 saturated carbocycles. The van der Waals surface area contributed by atoms with Crippen LogP contribution >= 0.6 is 11.3 Å². The Morgan fingerprint density at radius 1 is 0.964 bits per heavy atom. The number of carbonyl (C=O) groups excluding carboxylic acids is 2. The van der Waals surface area contributed by atoms with Crippen LogP contribution in [0.2, 0.25) is 0 Å². The Kier molecular flexibility index (Phi) is 10.7. The summed E-state index contributed by atoms with van der Waals surface area (Å²) in [5.74, 6) is -1.00. The van der Waals surface area contributed by atoms with E-state index in [0.29, 0.717) is 27.2 Å². The maximum absolute atomic E-state index is 16.8. The number of pyridine rings is 3. The minimum atomic E-state index is -4.26. The van der Waals surface area contributed by atoms with Gasteiger partial charge in [0.05, 0.1) is 27.3 Å². The number of anilines is 2. The minimum Gasteiger partial charge on any atom is -0.444 e. The monoisotopic (exact) mass is 807 g/mol. The molecule has 4 aromatic heterocycles. The van der Waals surface area contributed by atoms with Crippen LogP contribution in [-0.4, -0.2) is 88.7 Å². The number of aryl methyl sites for hydroxylation is 1. The summed E-state index contributed by atoms with van der Waals surface area (Å²) in [6.07, 6.45) is 1.34. The SMILES string of the molecule is Cc1ccnc(C(C)C)c1-n1c(=O)c(S(C)(=O)=O)c(N2CCN(C(=O)OC(C)(C)C)CC2)c2cc(F)c(-c3cccc4sc(NC(=O)OC(C)(C)C)nc34)nc21. The number of ether oxygens (including phenoxy) is 2. The van der Waals surface area contributed by atoms with Gasteiger partial charge in [-0.2, -0.15) is 0 Å².